The van der Waals surface area contributed by atoms with Crippen LogP contribution in [0.3, 0.4) is 0 Å². The van der Waals surface area contributed by atoms with Gasteiger partial charge in [0.1, 0.15) is 0 Å². The highest BCUT2D eigenvalue weighted by molar-refractivity contribution is 6.31. The van der Waals surface area contributed by atoms with Crippen LogP contribution in [0.4, 0.5) is 5.95 Å². The summed E-state index contributed by atoms with van der Waals surface area (Å²) in [5, 5.41) is 3.52. The van der Waals surface area contributed by atoms with E-state index in [1.807, 2.05) is 0 Å². The molecule has 15 heavy (non-hydrogen) atoms. The third-order valence-corrected chi connectivity index (χ3v) is 3.04. The molecule has 82 valence electrons. The highest BCUT2D eigenvalue weighted by atomic mass is 35.5. The Bertz CT molecular complexity index is 343. The zero-order valence-electron chi connectivity index (χ0n) is 8.43. The summed E-state index contributed by atoms with van der Waals surface area (Å²) < 4.78 is 0. The van der Waals surface area contributed by atoms with Gasteiger partial charge in [-0.1, -0.05) is 12.8 Å². The first-order valence-electron chi connectivity index (χ1n) is 4.93. The molecule has 0 atom stereocenters. The maximum Gasteiger partial charge on any atom is 0.228 e. The minimum Gasteiger partial charge on any atom is -0.349 e. The van der Waals surface area contributed by atoms with Gasteiger partial charge in [-0.15, -0.1) is 0 Å². The summed E-state index contributed by atoms with van der Waals surface area (Å²) in [5.74, 6) is 0.462. The molecule has 6 heteroatoms. The van der Waals surface area contributed by atoms with Crippen LogP contribution < -0.4 is 5.32 Å². The van der Waals surface area contributed by atoms with E-state index >= 15 is 0 Å². The Hall–Kier alpha value is -0.610. The average molecular weight is 247 g/mol. The fourth-order valence-electron chi connectivity index (χ4n) is 1.93. The molecule has 1 saturated carbocycles. The zero-order valence-corrected chi connectivity index (χ0v) is 9.94. The lowest BCUT2D eigenvalue weighted by molar-refractivity contribution is 0.528. The van der Waals surface area contributed by atoms with Crippen LogP contribution in [0.25, 0.3) is 0 Å². The molecule has 0 spiro atoms. The SMILES string of the molecule is CC1(Nc2nc(Cl)nc(Cl)n2)CCCC1. The number of halogens is 2. The summed E-state index contributed by atoms with van der Waals surface area (Å²) >= 11 is 11.4. The van der Waals surface area contributed by atoms with Gasteiger partial charge >= 0.3 is 0 Å². The number of aromatic nitrogens is 3. The van der Waals surface area contributed by atoms with Crippen molar-refractivity contribution in [3.63, 3.8) is 0 Å². The number of anilines is 1. The standard InChI is InChI=1S/C9H12Cl2N4/c1-9(4-2-3-5-9)15-8-13-6(10)12-7(11)14-8/h2-5H2,1H3,(H,12,13,14,15). The number of hydrogen-bond acceptors (Lipinski definition) is 4. The third kappa shape index (κ3) is 2.69. The fraction of sp³-hybridized carbons (Fsp3) is 0.667. The molecule has 0 radical (unpaired) electrons. The van der Waals surface area contributed by atoms with Gasteiger partial charge in [0.25, 0.3) is 0 Å². The Kier molecular flexibility index (Phi) is 2.98. The molecule has 4 nitrogen and oxygen atoms in total. The van der Waals surface area contributed by atoms with E-state index in [2.05, 4.69) is 27.2 Å². The van der Waals surface area contributed by atoms with E-state index in [4.69, 9.17) is 23.2 Å². The van der Waals surface area contributed by atoms with Crippen molar-refractivity contribution in [3.05, 3.63) is 10.6 Å². The number of rotatable bonds is 2. The van der Waals surface area contributed by atoms with Crippen molar-refractivity contribution in [2.45, 2.75) is 38.1 Å². The lowest BCUT2D eigenvalue weighted by Gasteiger charge is -2.24. The Morgan fingerprint density at radius 1 is 1.07 bits per heavy atom. The molecule has 1 aliphatic rings. The molecular weight excluding hydrogens is 235 g/mol. The summed E-state index contributed by atoms with van der Waals surface area (Å²) in [6.45, 7) is 2.16. The monoisotopic (exact) mass is 246 g/mol. The van der Waals surface area contributed by atoms with Gasteiger partial charge in [-0.3, -0.25) is 0 Å². The molecular formula is C9H12Cl2N4. The van der Waals surface area contributed by atoms with Crippen LogP contribution in [0.1, 0.15) is 32.6 Å². The minimum absolute atomic E-state index is 0.0635. The number of hydrogen-bond donors (Lipinski definition) is 1. The first kappa shape index (κ1) is 10.9. The molecule has 1 fully saturated rings. The molecule has 0 bridgehead atoms. The molecule has 1 N–H and O–H groups in total. The molecule has 0 amide bonds. The summed E-state index contributed by atoms with van der Waals surface area (Å²) in [6, 6.07) is 0. The van der Waals surface area contributed by atoms with Crippen molar-refractivity contribution in [1.29, 1.82) is 0 Å². The van der Waals surface area contributed by atoms with Crippen molar-refractivity contribution >= 4 is 29.2 Å². The van der Waals surface area contributed by atoms with E-state index in [0.29, 0.717) is 5.95 Å². The second-order valence-electron chi connectivity index (χ2n) is 4.09. The van der Waals surface area contributed by atoms with E-state index in [0.717, 1.165) is 12.8 Å². The first-order chi connectivity index (χ1) is 7.07. The highest BCUT2D eigenvalue weighted by Gasteiger charge is 2.29. The Balaban J connectivity index is 2.16. The smallest absolute Gasteiger partial charge is 0.228 e. The summed E-state index contributed by atoms with van der Waals surface area (Å²) in [6.07, 6.45) is 4.70. The van der Waals surface area contributed by atoms with E-state index in [1.165, 1.54) is 12.8 Å². The fourth-order valence-corrected chi connectivity index (χ4v) is 2.30. The largest absolute Gasteiger partial charge is 0.349 e. The Morgan fingerprint density at radius 2 is 1.60 bits per heavy atom. The zero-order chi connectivity index (χ0) is 10.9. The second kappa shape index (κ2) is 4.10. The van der Waals surface area contributed by atoms with Crippen LogP contribution in [-0.4, -0.2) is 20.5 Å². The Morgan fingerprint density at radius 3 is 2.13 bits per heavy atom. The van der Waals surface area contributed by atoms with Gasteiger partial charge < -0.3 is 5.32 Å². The molecule has 1 heterocycles. The quantitative estimate of drug-likeness (QED) is 0.872. The summed E-state index contributed by atoms with van der Waals surface area (Å²) in [4.78, 5) is 11.7. The van der Waals surface area contributed by atoms with Crippen molar-refractivity contribution < 1.29 is 0 Å². The van der Waals surface area contributed by atoms with Crippen LogP contribution in [0.5, 0.6) is 0 Å². The van der Waals surface area contributed by atoms with Gasteiger partial charge in [0.05, 0.1) is 0 Å². The van der Waals surface area contributed by atoms with Gasteiger partial charge in [-0.25, -0.2) is 0 Å². The Labute approximate surface area is 98.4 Å². The average Bonchev–Trinajstić information content (AvgIpc) is 2.49. The second-order valence-corrected chi connectivity index (χ2v) is 4.77. The highest BCUT2D eigenvalue weighted by Crippen LogP contribution is 2.31. The maximum absolute atomic E-state index is 5.69. The first-order valence-corrected chi connectivity index (χ1v) is 5.68. The normalized spacial score (nSPS) is 19.1. The molecule has 0 aliphatic heterocycles. The molecule has 0 saturated heterocycles. The molecule has 1 aliphatic carbocycles. The van der Waals surface area contributed by atoms with E-state index < -0.39 is 0 Å². The van der Waals surface area contributed by atoms with Crippen LogP contribution in [0, 0.1) is 0 Å². The maximum atomic E-state index is 5.69. The van der Waals surface area contributed by atoms with Crippen LogP contribution in [-0.2, 0) is 0 Å². The van der Waals surface area contributed by atoms with E-state index in [9.17, 15) is 0 Å². The van der Waals surface area contributed by atoms with Gasteiger partial charge in [-0.05, 0) is 43.0 Å². The van der Waals surface area contributed by atoms with Crippen LogP contribution in [0.2, 0.25) is 10.6 Å². The third-order valence-electron chi connectivity index (χ3n) is 2.70. The predicted molar refractivity (Wildman–Crippen MR) is 60.3 cm³/mol. The van der Waals surface area contributed by atoms with E-state index in [1.54, 1.807) is 0 Å². The van der Waals surface area contributed by atoms with Gasteiger partial charge in [0.2, 0.25) is 16.5 Å². The molecule has 0 unspecified atom stereocenters. The molecule has 1 aromatic heterocycles. The summed E-state index contributed by atoms with van der Waals surface area (Å²) in [5.41, 5.74) is 0.0635. The summed E-state index contributed by atoms with van der Waals surface area (Å²) in [7, 11) is 0. The number of nitrogens with zero attached hydrogens (tertiary/aromatic N) is 3. The van der Waals surface area contributed by atoms with Gasteiger partial charge in [0, 0.05) is 5.54 Å². The van der Waals surface area contributed by atoms with Crippen LogP contribution in [0.15, 0.2) is 0 Å². The van der Waals surface area contributed by atoms with Crippen molar-refractivity contribution in [3.8, 4) is 0 Å². The van der Waals surface area contributed by atoms with Crippen molar-refractivity contribution in [1.82, 2.24) is 15.0 Å². The number of nitrogens with one attached hydrogen (secondary N) is 1. The van der Waals surface area contributed by atoms with Crippen molar-refractivity contribution in [2.24, 2.45) is 0 Å². The van der Waals surface area contributed by atoms with Gasteiger partial charge in [-0.2, -0.15) is 15.0 Å². The topological polar surface area (TPSA) is 50.7 Å². The van der Waals surface area contributed by atoms with Crippen LogP contribution >= 0.6 is 23.2 Å². The van der Waals surface area contributed by atoms with Crippen molar-refractivity contribution in [2.75, 3.05) is 5.32 Å². The van der Waals surface area contributed by atoms with Gasteiger partial charge in [0.15, 0.2) is 0 Å². The molecule has 0 aromatic carbocycles. The lowest BCUT2D eigenvalue weighted by atomic mass is 10.0. The molecule has 1 aromatic rings. The van der Waals surface area contributed by atoms with E-state index in [-0.39, 0.29) is 16.1 Å². The lowest BCUT2D eigenvalue weighted by Crippen LogP contribution is -2.31. The molecule has 2 rings (SSSR count). The minimum atomic E-state index is 0.0635. The predicted octanol–water partition coefficient (Wildman–Crippen LogP) is 2.92.